The number of para-hydroxylation sites is 1. The molecule has 6 nitrogen and oxygen atoms in total. The van der Waals surface area contributed by atoms with Crippen molar-refractivity contribution in [1.29, 1.82) is 0 Å². The van der Waals surface area contributed by atoms with Gasteiger partial charge in [0.15, 0.2) is 5.96 Å². The number of unbranched alkanes of at least 4 members (excludes halogenated alkanes) is 1. The minimum absolute atomic E-state index is 0. The van der Waals surface area contributed by atoms with Crippen molar-refractivity contribution in [1.82, 2.24) is 10.6 Å². The molecule has 0 atom stereocenters. The fourth-order valence-electron chi connectivity index (χ4n) is 2.24. The van der Waals surface area contributed by atoms with Crippen LogP contribution in [0.3, 0.4) is 0 Å². The van der Waals surface area contributed by atoms with E-state index < -0.39 is 0 Å². The number of aliphatic imine (C=N–C) groups is 1. The first-order valence-electron chi connectivity index (χ1n) is 9.81. The second-order valence-electron chi connectivity index (χ2n) is 5.91. The molecule has 0 saturated heterocycles. The molecule has 160 valence electrons. The van der Waals surface area contributed by atoms with E-state index in [0.717, 1.165) is 43.3 Å². The van der Waals surface area contributed by atoms with Crippen LogP contribution in [0.25, 0.3) is 0 Å². The normalized spacial score (nSPS) is 10.9. The number of hydrogen-bond acceptors (Lipinski definition) is 4. The summed E-state index contributed by atoms with van der Waals surface area (Å²) in [6.07, 6.45) is 3.99. The van der Waals surface area contributed by atoms with Crippen LogP contribution in [0.1, 0.15) is 32.3 Å². The quantitative estimate of drug-likeness (QED) is 0.125. The van der Waals surface area contributed by atoms with Gasteiger partial charge in [-0.25, -0.2) is 4.99 Å². The minimum Gasteiger partial charge on any atom is -0.489 e. The van der Waals surface area contributed by atoms with Crippen LogP contribution in [0.2, 0.25) is 0 Å². The lowest BCUT2D eigenvalue weighted by molar-refractivity contribution is 0.0487. The standard InChI is InChI=1S/C21H35N3O3.HI/c1-4-7-14-25-16-17-26-15-12-23-21(22-6-3)24-18-19-10-8-9-11-20(19)27-13-5-2;/h5,8-11H,2,4,6-7,12-18H2,1,3H3,(H2,22,23,24);1H. The topological polar surface area (TPSA) is 64.1 Å². The molecular formula is C21H36IN3O3. The van der Waals surface area contributed by atoms with E-state index in [2.05, 4.69) is 29.1 Å². The molecule has 1 rings (SSSR count). The number of nitrogens with zero attached hydrogens (tertiary/aromatic N) is 1. The Labute approximate surface area is 187 Å². The van der Waals surface area contributed by atoms with Crippen molar-refractivity contribution in [3.8, 4) is 5.75 Å². The van der Waals surface area contributed by atoms with Crippen LogP contribution in [0.5, 0.6) is 5.75 Å². The molecule has 0 radical (unpaired) electrons. The second-order valence-corrected chi connectivity index (χ2v) is 5.91. The van der Waals surface area contributed by atoms with Gasteiger partial charge >= 0.3 is 0 Å². The SMILES string of the molecule is C=CCOc1ccccc1CN=C(NCC)NCCOCCOCCCC.I. The van der Waals surface area contributed by atoms with Gasteiger partial charge in [0, 0.05) is 25.3 Å². The molecule has 7 heteroatoms. The maximum Gasteiger partial charge on any atom is 0.191 e. The van der Waals surface area contributed by atoms with Gasteiger partial charge in [-0.1, -0.05) is 44.2 Å². The monoisotopic (exact) mass is 505 g/mol. The van der Waals surface area contributed by atoms with Gasteiger partial charge in [-0.2, -0.15) is 0 Å². The molecule has 0 bridgehead atoms. The zero-order valence-corrected chi connectivity index (χ0v) is 19.6. The first kappa shape index (κ1) is 26.7. The molecule has 0 aliphatic rings. The highest BCUT2D eigenvalue weighted by Gasteiger charge is 2.03. The summed E-state index contributed by atoms with van der Waals surface area (Å²) in [5.41, 5.74) is 1.04. The predicted molar refractivity (Wildman–Crippen MR) is 127 cm³/mol. The van der Waals surface area contributed by atoms with Crippen LogP contribution < -0.4 is 15.4 Å². The van der Waals surface area contributed by atoms with E-state index >= 15 is 0 Å². The summed E-state index contributed by atoms with van der Waals surface area (Å²) in [4.78, 5) is 4.63. The molecule has 0 aromatic heterocycles. The molecular weight excluding hydrogens is 469 g/mol. The van der Waals surface area contributed by atoms with Crippen LogP contribution in [-0.2, 0) is 16.0 Å². The number of ether oxygens (including phenoxy) is 3. The Morgan fingerprint density at radius 3 is 2.54 bits per heavy atom. The maximum atomic E-state index is 5.68. The first-order valence-corrected chi connectivity index (χ1v) is 9.81. The van der Waals surface area contributed by atoms with Gasteiger partial charge in [-0.3, -0.25) is 0 Å². The van der Waals surface area contributed by atoms with Crippen LogP contribution in [0, 0.1) is 0 Å². The lowest BCUT2D eigenvalue weighted by Crippen LogP contribution is -2.39. The molecule has 0 saturated carbocycles. The molecule has 28 heavy (non-hydrogen) atoms. The zero-order chi connectivity index (χ0) is 19.6. The summed E-state index contributed by atoms with van der Waals surface area (Å²) in [6.45, 7) is 13.1. The Morgan fingerprint density at radius 2 is 1.82 bits per heavy atom. The van der Waals surface area contributed by atoms with Crippen molar-refractivity contribution in [3.63, 3.8) is 0 Å². The Balaban J connectivity index is 0.00000729. The summed E-state index contributed by atoms with van der Waals surface area (Å²) in [6, 6.07) is 7.92. The molecule has 0 spiro atoms. The summed E-state index contributed by atoms with van der Waals surface area (Å²) in [5, 5.41) is 6.52. The number of halogens is 1. The summed E-state index contributed by atoms with van der Waals surface area (Å²) in [7, 11) is 0. The largest absolute Gasteiger partial charge is 0.489 e. The predicted octanol–water partition coefficient (Wildman–Crippen LogP) is 3.76. The lowest BCUT2D eigenvalue weighted by atomic mass is 10.2. The van der Waals surface area contributed by atoms with Crippen LogP contribution >= 0.6 is 24.0 Å². The van der Waals surface area contributed by atoms with Gasteiger partial charge in [0.25, 0.3) is 0 Å². The van der Waals surface area contributed by atoms with E-state index in [1.807, 2.05) is 31.2 Å². The molecule has 0 heterocycles. The van der Waals surface area contributed by atoms with Gasteiger partial charge in [0.1, 0.15) is 12.4 Å². The average Bonchev–Trinajstić information content (AvgIpc) is 2.69. The van der Waals surface area contributed by atoms with Gasteiger partial charge < -0.3 is 24.8 Å². The highest BCUT2D eigenvalue weighted by Crippen LogP contribution is 2.18. The minimum atomic E-state index is 0. The summed E-state index contributed by atoms with van der Waals surface area (Å²) in [5.74, 6) is 1.60. The van der Waals surface area contributed by atoms with Gasteiger partial charge in [-0.05, 0) is 19.4 Å². The van der Waals surface area contributed by atoms with E-state index in [9.17, 15) is 0 Å². The third-order valence-corrected chi connectivity index (χ3v) is 3.63. The molecule has 2 N–H and O–H groups in total. The van der Waals surface area contributed by atoms with Crippen molar-refractivity contribution in [2.45, 2.75) is 33.2 Å². The molecule has 0 unspecified atom stereocenters. The van der Waals surface area contributed by atoms with Crippen LogP contribution in [0.15, 0.2) is 41.9 Å². The maximum absolute atomic E-state index is 5.68. The zero-order valence-electron chi connectivity index (χ0n) is 17.2. The number of benzene rings is 1. The van der Waals surface area contributed by atoms with Gasteiger partial charge in [-0.15, -0.1) is 24.0 Å². The molecule has 0 aliphatic heterocycles. The van der Waals surface area contributed by atoms with Crippen molar-refractivity contribution >= 4 is 29.9 Å². The van der Waals surface area contributed by atoms with E-state index in [4.69, 9.17) is 14.2 Å². The number of guanidine groups is 1. The number of rotatable bonds is 15. The number of nitrogens with one attached hydrogen (secondary N) is 2. The van der Waals surface area contributed by atoms with Gasteiger partial charge in [0.05, 0.1) is 26.4 Å². The van der Waals surface area contributed by atoms with E-state index in [1.54, 1.807) is 6.08 Å². The highest BCUT2D eigenvalue weighted by atomic mass is 127. The van der Waals surface area contributed by atoms with Crippen LogP contribution in [0.4, 0.5) is 0 Å². The average molecular weight is 505 g/mol. The molecule has 0 aliphatic carbocycles. The highest BCUT2D eigenvalue weighted by molar-refractivity contribution is 14.0. The number of hydrogen-bond donors (Lipinski definition) is 2. The Morgan fingerprint density at radius 1 is 1.07 bits per heavy atom. The summed E-state index contributed by atoms with van der Waals surface area (Å²) < 4.78 is 16.7. The van der Waals surface area contributed by atoms with Crippen molar-refractivity contribution in [3.05, 3.63) is 42.5 Å². The molecule has 0 fully saturated rings. The third kappa shape index (κ3) is 13.0. The fraction of sp³-hybridized carbons (Fsp3) is 0.571. The first-order chi connectivity index (χ1) is 13.3. The van der Waals surface area contributed by atoms with Crippen molar-refractivity contribution in [2.24, 2.45) is 4.99 Å². The Kier molecular flexibility index (Phi) is 18.1. The van der Waals surface area contributed by atoms with E-state index in [1.165, 1.54) is 0 Å². The third-order valence-electron chi connectivity index (χ3n) is 3.63. The smallest absolute Gasteiger partial charge is 0.191 e. The van der Waals surface area contributed by atoms with E-state index in [-0.39, 0.29) is 24.0 Å². The second kappa shape index (κ2) is 19.0. The molecule has 1 aromatic rings. The Hall–Kier alpha value is -1.32. The summed E-state index contributed by atoms with van der Waals surface area (Å²) >= 11 is 0. The molecule has 1 aromatic carbocycles. The van der Waals surface area contributed by atoms with Crippen molar-refractivity contribution < 1.29 is 14.2 Å². The van der Waals surface area contributed by atoms with E-state index in [0.29, 0.717) is 39.5 Å². The molecule has 0 amide bonds. The Bertz CT molecular complexity index is 541. The fourth-order valence-corrected chi connectivity index (χ4v) is 2.24. The van der Waals surface area contributed by atoms with Crippen molar-refractivity contribution in [2.75, 3.05) is 46.1 Å². The lowest BCUT2D eigenvalue weighted by Gasteiger charge is -2.13. The van der Waals surface area contributed by atoms with Crippen LogP contribution in [-0.4, -0.2) is 52.1 Å². The van der Waals surface area contributed by atoms with Gasteiger partial charge in [0.2, 0.25) is 0 Å².